The van der Waals surface area contributed by atoms with E-state index in [1.165, 1.54) is 6.07 Å². The van der Waals surface area contributed by atoms with Crippen molar-refractivity contribution in [2.45, 2.75) is 6.42 Å². The van der Waals surface area contributed by atoms with Crippen molar-refractivity contribution in [3.63, 3.8) is 0 Å². The molecular weight excluding hydrogens is 258 g/mol. The Labute approximate surface area is 115 Å². The number of phenols is 2. The van der Waals surface area contributed by atoms with Crippen LogP contribution in [0.15, 0.2) is 36.4 Å². The SMILES string of the molecule is N#Cc1cccc(-c2c(O)cc(O)cc2CC(=O)O)c1. The summed E-state index contributed by atoms with van der Waals surface area (Å²) in [6.45, 7) is 0. The molecule has 0 unspecified atom stereocenters. The van der Waals surface area contributed by atoms with E-state index < -0.39 is 5.97 Å². The van der Waals surface area contributed by atoms with Crippen LogP contribution in [0.2, 0.25) is 0 Å². The molecule has 5 nitrogen and oxygen atoms in total. The molecule has 0 spiro atoms. The highest BCUT2D eigenvalue weighted by atomic mass is 16.4. The Morgan fingerprint density at radius 3 is 2.60 bits per heavy atom. The lowest BCUT2D eigenvalue weighted by Gasteiger charge is -2.11. The van der Waals surface area contributed by atoms with Crippen LogP contribution in [0.5, 0.6) is 11.5 Å². The molecule has 0 saturated heterocycles. The van der Waals surface area contributed by atoms with Gasteiger partial charge in [0.15, 0.2) is 0 Å². The minimum atomic E-state index is -1.08. The van der Waals surface area contributed by atoms with Gasteiger partial charge < -0.3 is 15.3 Å². The molecule has 0 aliphatic carbocycles. The number of hydrogen-bond acceptors (Lipinski definition) is 4. The zero-order valence-corrected chi connectivity index (χ0v) is 10.4. The molecule has 0 atom stereocenters. The van der Waals surface area contributed by atoms with E-state index in [2.05, 4.69) is 0 Å². The molecule has 0 heterocycles. The minimum absolute atomic E-state index is 0.209. The second-order valence-electron chi connectivity index (χ2n) is 4.26. The first-order valence-electron chi connectivity index (χ1n) is 5.78. The standard InChI is InChI=1S/C15H11NO4/c16-8-9-2-1-3-10(4-9)15-11(6-14(19)20)5-12(17)7-13(15)18/h1-5,7,17-18H,6H2,(H,19,20). The third-order valence-electron chi connectivity index (χ3n) is 2.81. The van der Waals surface area contributed by atoms with Gasteiger partial charge in [-0.1, -0.05) is 12.1 Å². The first kappa shape index (κ1) is 13.4. The van der Waals surface area contributed by atoms with Gasteiger partial charge in [-0.15, -0.1) is 0 Å². The summed E-state index contributed by atoms with van der Waals surface area (Å²) in [6, 6.07) is 10.9. The van der Waals surface area contributed by atoms with Crippen LogP contribution in [0.1, 0.15) is 11.1 Å². The van der Waals surface area contributed by atoms with E-state index in [1.54, 1.807) is 24.3 Å². The Kier molecular flexibility index (Phi) is 3.58. The van der Waals surface area contributed by atoms with Crippen LogP contribution in [-0.2, 0) is 11.2 Å². The topological polar surface area (TPSA) is 102 Å². The van der Waals surface area contributed by atoms with E-state index in [0.717, 1.165) is 6.07 Å². The molecule has 2 aromatic carbocycles. The molecule has 0 radical (unpaired) electrons. The Bertz CT molecular complexity index is 716. The number of carboxylic acids is 1. The van der Waals surface area contributed by atoms with Crippen molar-refractivity contribution in [2.75, 3.05) is 0 Å². The number of nitrogens with zero attached hydrogens (tertiary/aromatic N) is 1. The third kappa shape index (κ3) is 2.70. The van der Waals surface area contributed by atoms with Crippen molar-refractivity contribution in [3.05, 3.63) is 47.5 Å². The summed E-state index contributed by atoms with van der Waals surface area (Å²) in [7, 11) is 0. The Morgan fingerprint density at radius 2 is 1.95 bits per heavy atom. The first-order chi connectivity index (χ1) is 9.51. The molecule has 2 rings (SSSR count). The zero-order chi connectivity index (χ0) is 14.7. The van der Waals surface area contributed by atoms with Crippen molar-refractivity contribution < 1.29 is 20.1 Å². The van der Waals surface area contributed by atoms with Crippen LogP contribution in [-0.4, -0.2) is 21.3 Å². The molecule has 20 heavy (non-hydrogen) atoms. The van der Waals surface area contributed by atoms with Gasteiger partial charge in [-0.2, -0.15) is 5.26 Å². The average molecular weight is 269 g/mol. The van der Waals surface area contributed by atoms with Crippen LogP contribution >= 0.6 is 0 Å². The van der Waals surface area contributed by atoms with Gasteiger partial charge in [-0.3, -0.25) is 4.79 Å². The van der Waals surface area contributed by atoms with Crippen LogP contribution < -0.4 is 0 Å². The predicted octanol–water partition coefficient (Wildman–Crippen LogP) is 2.26. The van der Waals surface area contributed by atoms with Crippen LogP contribution in [0.4, 0.5) is 0 Å². The summed E-state index contributed by atoms with van der Waals surface area (Å²) in [5, 5.41) is 37.2. The van der Waals surface area contributed by atoms with Crippen molar-refractivity contribution in [1.82, 2.24) is 0 Å². The summed E-state index contributed by atoms with van der Waals surface area (Å²) in [5.74, 6) is -1.51. The van der Waals surface area contributed by atoms with Gasteiger partial charge in [0.05, 0.1) is 18.1 Å². The Morgan fingerprint density at radius 1 is 1.20 bits per heavy atom. The summed E-state index contributed by atoms with van der Waals surface area (Å²) in [5.41, 5.74) is 1.52. The molecular formula is C15H11NO4. The Balaban J connectivity index is 2.65. The van der Waals surface area contributed by atoms with Gasteiger partial charge in [-0.05, 0) is 29.3 Å². The largest absolute Gasteiger partial charge is 0.508 e. The maximum Gasteiger partial charge on any atom is 0.307 e. The summed E-state index contributed by atoms with van der Waals surface area (Å²) >= 11 is 0. The number of aliphatic carboxylic acids is 1. The fraction of sp³-hybridized carbons (Fsp3) is 0.0667. The molecule has 0 fully saturated rings. The highest BCUT2D eigenvalue weighted by Gasteiger charge is 2.15. The van der Waals surface area contributed by atoms with Crippen molar-refractivity contribution in [3.8, 4) is 28.7 Å². The number of benzene rings is 2. The van der Waals surface area contributed by atoms with E-state index in [4.69, 9.17) is 10.4 Å². The molecule has 100 valence electrons. The number of hydrogen-bond donors (Lipinski definition) is 3. The number of phenolic OH excluding ortho intramolecular Hbond substituents is 2. The van der Waals surface area contributed by atoms with Gasteiger partial charge in [0.2, 0.25) is 0 Å². The highest BCUT2D eigenvalue weighted by Crippen LogP contribution is 2.36. The van der Waals surface area contributed by atoms with E-state index in [0.29, 0.717) is 16.7 Å². The summed E-state index contributed by atoms with van der Waals surface area (Å²) < 4.78 is 0. The number of aromatic hydroxyl groups is 2. The summed E-state index contributed by atoms with van der Waals surface area (Å²) in [4.78, 5) is 10.9. The first-order valence-corrected chi connectivity index (χ1v) is 5.78. The van der Waals surface area contributed by atoms with Gasteiger partial charge in [0.25, 0.3) is 0 Å². The molecule has 2 aromatic rings. The lowest BCUT2D eigenvalue weighted by atomic mass is 9.95. The van der Waals surface area contributed by atoms with E-state index >= 15 is 0 Å². The third-order valence-corrected chi connectivity index (χ3v) is 2.81. The van der Waals surface area contributed by atoms with Crippen molar-refractivity contribution in [1.29, 1.82) is 5.26 Å². The summed E-state index contributed by atoms with van der Waals surface area (Å²) in [6.07, 6.45) is -0.339. The minimum Gasteiger partial charge on any atom is -0.508 e. The second kappa shape index (κ2) is 5.33. The van der Waals surface area contributed by atoms with Gasteiger partial charge >= 0.3 is 5.97 Å². The zero-order valence-electron chi connectivity index (χ0n) is 10.4. The monoisotopic (exact) mass is 269 g/mol. The highest BCUT2D eigenvalue weighted by molar-refractivity contribution is 5.81. The van der Waals surface area contributed by atoms with Crippen LogP contribution in [0.3, 0.4) is 0 Å². The normalized spacial score (nSPS) is 9.95. The molecule has 0 aliphatic rings. The number of nitriles is 1. The van der Waals surface area contributed by atoms with Crippen molar-refractivity contribution >= 4 is 5.97 Å². The lowest BCUT2D eigenvalue weighted by Crippen LogP contribution is -2.02. The van der Waals surface area contributed by atoms with Gasteiger partial charge in [0, 0.05) is 11.6 Å². The van der Waals surface area contributed by atoms with Crippen molar-refractivity contribution in [2.24, 2.45) is 0 Å². The predicted molar refractivity (Wildman–Crippen MR) is 71.3 cm³/mol. The quantitative estimate of drug-likeness (QED) is 0.793. The van der Waals surface area contributed by atoms with E-state index in [-0.39, 0.29) is 23.5 Å². The maximum absolute atomic E-state index is 10.9. The second-order valence-corrected chi connectivity index (χ2v) is 4.26. The van der Waals surface area contributed by atoms with Gasteiger partial charge in [0.1, 0.15) is 11.5 Å². The van der Waals surface area contributed by atoms with E-state index in [1.807, 2.05) is 6.07 Å². The molecule has 3 N–H and O–H groups in total. The lowest BCUT2D eigenvalue weighted by molar-refractivity contribution is -0.136. The average Bonchev–Trinajstić information content (AvgIpc) is 2.37. The molecule has 0 aliphatic heterocycles. The molecule has 0 saturated carbocycles. The number of carbonyl (C=O) groups is 1. The van der Waals surface area contributed by atoms with Gasteiger partial charge in [-0.25, -0.2) is 0 Å². The number of rotatable bonds is 3. The fourth-order valence-corrected chi connectivity index (χ4v) is 2.05. The van der Waals surface area contributed by atoms with E-state index in [9.17, 15) is 15.0 Å². The maximum atomic E-state index is 10.9. The van der Waals surface area contributed by atoms with Crippen LogP contribution in [0, 0.1) is 11.3 Å². The molecule has 0 aromatic heterocycles. The molecule has 0 amide bonds. The fourth-order valence-electron chi connectivity index (χ4n) is 2.05. The van der Waals surface area contributed by atoms with Crippen LogP contribution in [0.25, 0.3) is 11.1 Å². The molecule has 5 heteroatoms. The Hall–Kier alpha value is -3.00. The smallest absolute Gasteiger partial charge is 0.307 e. The number of carboxylic acid groups (broad SMARTS) is 1. The molecule has 0 bridgehead atoms.